The van der Waals surface area contributed by atoms with E-state index in [2.05, 4.69) is 28.4 Å². The lowest BCUT2D eigenvalue weighted by Crippen LogP contribution is -2.63. The number of ether oxygens (including phenoxy) is 2. The number of anilines is 1. The Labute approximate surface area is 171 Å². The van der Waals surface area contributed by atoms with Crippen LogP contribution in [0, 0.1) is 0 Å². The fourth-order valence-corrected chi connectivity index (χ4v) is 3.94. The van der Waals surface area contributed by atoms with Gasteiger partial charge in [0, 0.05) is 30.2 Å². The summed E-state index contributed by atoms with van der Waals surface area (Å²) in [5, 5.41) is 5.30. The summed E-state index contributed by atoms with van der Waals surface area (Å²) in [4.78, 5) is 15.3. The summed E-state index contributed by atoms with van der Waals surface area (Å²) in [5.74, 6) is 1.60. The third-order valence-electron chi connectivity index (χ3n) is 5.94. The lowest BCUT2D eigenvalue weighted by molar-refractivity contribution is -0.136. The van der Waals surface area contributed by atoms with E-state index >= 15 is 0 Å². The summed E-state index contributed by atoms with van der Waals surface area (Å²) >= 11 is 0. The highest BCUT2D eigenvalue weighted by atomic mass is 16.5. The van der Waals surface area contributed by atoms with Crippen LogP contribution >= 0.6 is 0 Å². The molecule has 1 aliphatic rings. The first kappa shape index (κ1) is 19.3. The summed E-state index contributed by atoms with van der Waals surface area (Å²) in [6.45, 7) is 3.62. The first-order valence-electron chi connectivity index (χ1n) is 9.80. The van der Waals surface area contributed by atoms with Gasteiger partial charge in [-0.25, -0.2) is 0 Å². The van der Waals surface area contributed by atoms with Crippen molar-refractivity contribution in [2.75, 3.05) is 26.1 Å². The van der Waals surface area contributed by atoms with Gasteiger partial charge >= 0.3 is 0 Å². The van der Waals surface area contributed by atoms with Crippen molar-refractivity contribution in [1.29, 1.82) is 0 Å². The molecule has 0 spiro atoms. The number of benzene rings is 3. The van der Waals surface area contributed by atoms with E-state index in [1.54, 1.807) is 14.2 Å². The van der Waals surface area contributed by atoms with Crippen LogP contribution in [-0.4, -0.2) is 37.1 Å². The van der Waals surface area contributed by atoms with Gasteiger partial charge in [0.05, 0.1) is 19.8 Å². The maximum absolute atomic E-state index is 13.1. The van der Waals surface area contributed by atoms with Crippen LogP contribution in [0.15, 0.2) is 60.7 Å². The number of hydrogen-bond donors (Lipinski definition) is 1. The summed E-state index contributed by atoms with van der Waals surface area (Å²) < 4.78 is 10.8. The molecule has 0 radical (unpaired) electrons. The number of likely N-dealkylation sites (tertiary alicyclic amines) is 1. The number of carbonyl (C=O) groups is 1. The van der Waals surface area contributed by atoms with Crippen molar-refractivity contribution in [3.05, 3.63) is 66.2 Å². The predicted octanol–water partition coefficient (Wildman–Crippen LogP) is 4.46. The molecule has 1 saturated heterocycles. The van der Waals surface area contributed by atoms with Crippen molar-refractivity contribution in [2.45, 2.75) is 25.4 Å². The standard InChI is InChI=1S/C24H26N2O3/c1-24(23(27)25-18-7-6-8-19(15-18)28-2)13-14-26(24)16-17-11-12-22(29-3)21-10-5-4-9-20(17)21/h4-12,15H,13-14,16H2,1-3H3,(H,25,27). The quantitative estimate of drug-likeness (QED) is 0.675. The van der Waals surface area contributed by atoms with Gasteiger partial charge in [0.15, 0.2) is 0 Å². The molecule has 3 aromatic carbocycles. The van der Waals surface area contributed by atoms with E-state index in [1.165, 1.54) is 5.56 Å². The van der Waals surface area contributed by atoms with Crippen LogP contribution in [0.1, 0.15) is 18.9 Å². The fraction of sp³-hybridized carbons (Fsp3) is 0.292. The smallest absolute Gasteiger partial charge is 0.244 e. The van der Waals surface area contributed by atoms with Gasteiger partial charge in [0.25, 0.3) is 0 Å². The van der Waals surface area contributed by atoms with Crippen molar-refractivity contribution in [3.63, 3.8) is 0 Å². The summed E-state index contributed by atoms with van der Waals surface area (Å²) in [7, 11) is 3.31. The highest BCUT2D eigenvalue weighted by molar-refractivity contribution is 5.98. The molecule has 150 valence electrons. The second-order valence-electron chi connectivity index (χ2n) is 7.60. The van der Waals surface area contributed by atoms with E-state index < -0.39 is 5.54 Å². The topological polar surface area (TPSA) is 50.8 Å². The van der Waals surface area contributed by atoms with Crippen LogP contribution in [0.4, 0.5) is 5.69 Å². The van der Waals surface area contributed by atoms with Gasteiger partial charge in [-0.1, -0.05) is 36.4 Å². The number of carbonyl (C=O) groups excluding carboxylic acids is 1. The summed E-state index contributed by atoms with van der Waals surface area (Å²) in [6.07, 6.45) is 0.830. The van der Waals surface area contributed by atoms with Gasteiger partial charge in [-0.2, -0.15) is 0 Å². The van der Waals surface area contributed by atoms with E-state index in [1.807, 2.05) is 49.4 Å². The third kappa shape index (κ3) is 3.54. The molecule has 3 aromatic rings. The number of rotatable bonds is 6. The number of nitrogens with zero attached hydrogens (tertiary/aromatic N) is 1. The first-order valence-corrected chi connectivity index (χ1v) is 9.80. The van der Waals surface area contributed by atoms with Crippen molar-refractivity contribution < 1.29 is 14.3 Å². The Morgan fingerprint density at radius 1 is 1.03 bits per heavy atom. The molecule has 1 aliphatic heterocycles. The fourth-order valence-electron chi connectivity index (χ4n) is 3.94. The van der Waals surface area contributed by atoms with Crippen LogP contribution < -0.4 is 14.8 Å². The molecule has 1 unspecified atom stereocenters. The number of nitrogens with one attached hydrogen (secondary N) is 1. The molecule has 29 heavy (non-hydrogen) atoms. The van der Waals surface area contributed by atoms with E-state index in [-0.39, 0.29) is 5.91 Å². The lowest BCUT2D eigenvalue weighted by atomic mass is 9.84. The second-order valence-corrected chi connectivity index (χ2v) is 7.60. The Kier molecular flexibility index (Phi) is 5.16. The summed E-state index contributed by atoms with van der Waals surface area (Å²) in [5.41, 5.74) is 1.41. The molecule has 1 atom stereocenters. The molecular formula is C24H26N2O3. The Morgan fingerprint density at radius 2 is 1.83 bits per heavy atom. The third-order valence-corrected chi connectivity index (χ3v) is 5.94. The SMILES string of the molecule is COc1cccc(NC(=O)C2(C)CCN2Cc2ccc(OC)c3ccccc23)c1. The van der Waals surface area contributed by atoms with Crippen molar-refractivity contribution in [1.82, 2.24) is 4.90 Å². The molecule has 1 amide bonds. The van der Waals surface area contributed by atoms with Crippen LogP contribution in [0.25, 0.3) is 10.8 Å². The zero-order valence-electron chi connectivity index (χ0n) is 17.1. The average Bonchev–Trinajstić information content (AvgIpc) is 2.76. The van der Waals surface area contributed by atoms with E-state index in [0.717, 1.165) is 40.9 Å². The lowest BCUT2D eigenvalue weighted by Gasteiger charge is -2.49. The molecule has 0 aliphatic carbocycles. The minimum atomic E-state index is -0.538. The van der Waals surface area contributed by atoms with Crippen LogP contribution in [0.3, 0.4) is 0 Å². The minimum Gasteiger partial charge on any atom is -0.497 e. The van der Waals surface area contributed by atoms with E-state index in [9.17, 15) is 4.79 Å². The molecule has 0 saturated carbocycles. The highest BCUT2D eigenvalue weighted by Crippen LogP contribution is 2.36. The van der Waals surface area contributed by atoms with Gasteiger partial charge in [-0.3, -0.25) is 9.69 Å². The van der Waals surface area contributed by atoms with Gasteiger partial charge in [0.2, 0.25) is 5.91 Å². The number of fused-ring (bicyclic) bond motifs is 1. The molecular weight excluding hydrogens is 364 g/mol. The van der Waals surface area contributed by atoms with Gasteiger partial charge in [0.1, 0.15) is 11.5 Å². The normalized spacial score (nSPS) is 18.9. The van der Waals surface area contributed by atoms with Crippen LogP contribution in [0.2, 0.25) is 0 Å². The Bertz CT molecular complexity index is 1050. The molecule has 4 rings (SSSR count). The number of methoxy groups -OCH3 is 2. The monoisotopic (exact) mass is 390 g/mol. The highest BCUT2D eigenvalue weighted by Gasteiger charge is 2.46. The predicted molar refractivity (Wildman–Crippen MR) is 116 cm³/mol. The second kappa shape index (κ2) is 7.76. The number of amides is 1. The molecule has 5 heteroatoms. The summed E-state index contributed by atoms with van der Waals surface area (Å²) in [6, 6.07) is 19.8. The van der Waals surface area contributed by atoms with Crippen LogP contribution in [-0.2, 0) is 11.3 Å². The minimum absolute atomic E-state index is 0.00909. The van der Waals surface area contributed by atoms with E-state index in [4.69, 9.17) is 9.47 Å². The first-order chi connectivity index (χ1) is 14.0. The van der Waals surface area contributed by atoms with Crippen molar-refractivity contribution in [2.24, 2.45) is 0 Å². The molecule has 1 heterocycles. The average molecular weight is 390 g/mol. The molecule has 1 fully saturated rings. The molecule has 5 nitrogen and oxygen atoms in total. The Balaban J connectivity index is 1.54. The zero-order valence-corrected chi connectivity index (χ0v) is 17.1. The van der Waals surface area contributed by atoms with Gasteiger partial charge in [-0.15, -0.1) is 0 Å². The Hall–Kier alpha value is -3.05. The molecule has 0 aromatic heterocycles. The maximum atomic E-state index is 13.1. The van der Waals surface area contributed by atoms with Crippen molar-refractivity contribution >= 4 is 22.4 Å². The molecule has 1 N–H and O–H groups in total. The Morgan fingerprint density at radius 3 is 2.52 bits per heavy atom. The molecule has 0 bridgehead atoms. The maximum Gasteiger partial charge on any atom is 0.244 e. The van der Waals surface area contributed by atoms with E-state index in [0.29, 0.717) is 6.54 Å². The van der Waals surface area contributed by atoms with Gasteiger partial charge < -0.3 is 14.8 Å². The van der Waals surface area contributed by atoms with Crippen LogP contribution in [0.5, 0.6) is 11.5 Å². The zero-order chi connectivity index (χ0) is 20.4. The largest absolute Gasteiger partial charge is 0.497 e. The number of hydrogen-bond acceptors (Lipinski definition) is 4. The van der Waals surface area contributed by atoms with Crippen molar-refractivity contribution in [3.8, 4) is 11.5 Å². The van der Waals surface area contributed by atoms with Gasteiger partial charge in [-0.05, 0) is 42.5 Å².